The zero-order valence-electron chi connectivity index (χ0n) is 14.2. The highest BCUT2D eigenvalue weighted by molar-refractivity contribution is 5.96. The molecule has 4 aromatic rings. The fraction of sp³-hybridized carbons (Fsp3) is 0.105. The Morgan fingerprint density at radius 3 is 2.88 bits per heavy atom. The third-order valence-corrected chi connectivity index (χ3v) is 4.33. The summed E-state index contributed by atoms with van der Waals surface area (Å²) in [6, 6.07) is 11.1. The lowest BCUT2D eigenvalue weighted by atomic mass is 10.1. The van der Waals surface area contributed by atoms with Crippen molar-refractivity contribution in [3.8, 4) is 5.75 Å². The Bertz CT molecular complexity index is 1150. The van der Waals surface area contributed by atoms with Gasteiger partial charge in [0.05, 0.1) is 12.7 Å². The fourth-order valence-electron chi connectivity index (χ4n) is 3.07. The molecule has 2 heterocycles. The van der Waals surface area contributed by atoms with Gasteiger partial charge in [0.25, 0.3) is 0 Å². The van der Waals surface area contributed by atoms with Crippen LogP contribution in [0.5, 0.6) is 5.75 Å². The van der Waals surface area contributed by atoms with E-state index in [0.29, 0.717) is 28.1 Å². The van der Waals surface area contributed by atoms with Crippen LogP contribution in [0.25, 0.3) is 16.3 Å². The van der Waals surface area contributed by atoms with Crippen molar-refractivity contribution in [2.75, 3.05) is 12.4 Å². The van der Waals surface area contributed by atoms with Crippen LogP contribution in [0.15, 0.2) is 48.9 Å². The van der Waals surface area contributed by atoms with Gasteiger partial charge in [-0.15, -0.1) is 0 Å². The summed E-state index contributed by atoms with van der Waals surface area (Å²) in [4.78, 5) is 16.2. The van der Waals surface area contributed by atoms with Crippen LogP contribution >= 0.6 is 0 Å². The number of ether oxygens (including phenoxy) is 1. The minimum atomic E-state index is -0.428. The number of benzene rings is 2. The zero-order chi connectivity index (χ0) is 18.3. The van der Waals surface area contributed by atoms with Gasteiger partial charge in [-0.1, -0.05) is 24.3 Å². The molecule has 0 aliphatic heterocycles. The van der Waals surface area contributed by atoms with Crippen molar-refractivity contribution in [1.82, 2.24) is 14.6 Å². The Hall–Kier alpha value is -3.61. The van der Waals surface area contributed by atoms with Crippen LogP contribution in [-0.2, 0) is 4.74 Å². The quantitative estimate of drug-likeness (QED) is 0.552. The van der Waals surface area contributed by atoms with E-state index >= 15 is 0 Å². The second-order valence-electron chi connectivity index (χ2n) is 5.90. The maximum Gasteiger partial charge on any atom is 0.339 e. The van der Waals surface area contributed by atoms with Crippen molar-refractivity contribution < 1.29 is 14.6 Å². The van der Waals surface area contributed by atoms with Crippen molar-refractivity contribution in [1.29, 1.82) is 0 Å². The molecule has 26 heavy (non-hydrogen) atoms. The van der Waals surface area contributed by atoms with Crippen molar-refractivity contribution in [3.05, 3.63) is 60.0 Å². The Balaban J connectivity index is 1.83. The van der Waals surface area contributed by atoms with Crippen molar-refractivity contribution in [2.45, 2.75) is 6.92 Å². The summed E-state index contributed by atoms with van der Waals surface area (Å²) in [5.74, 6) is 0.280. The first-order valence-corrected chi connectivity index (χ1v) is 7.98. The van der Waals surface area contributed by atoms with Gasteiger partial charge >= 0.3 is 5.97 Å². The van der Waals surface area contributed by atoms with Crippen molar-refractivity contribution in [2.24, 2.45) is 0 Å². The van der Waals surface area contributed by atoms with E-state index in [0.717, 1.165) is 10.8 Å². The summed E-state index contributed by atoms with van der Waals surface area (Å²) >= 11 is 0. The number of carbonyl (C=O) groups is 1. The third kappa shape index (κ3) is 2.50. The largest absolute Gasteiger partial charge is 0.507 e. The molecule has 0 bridgehead atoms. The Morgan fingerprint density at radius 1 is 1.27 bits per heavy atom. The lowest BCUT2D eigenvalue weighted by Gasteiger charge is -2.10. The third-order valence-electron chi connectivity index (χ3n) is 4.33. The Labute approximate surface area is 148 Å². The maximum atomic E-state index is 11.9. The normalized spacial score (nSPS) is 11.0. The first-order valence-electron chi connectivity index (χ1n) is 7.98. The molecule has 130 valence electrons. The second kappa shape index (κ2) is 6.03. The number of aromatic hydroxyl groups is 1. The minimum Gasteiger partial charge on any atom is -0.507 e. The summed E-state index contributed by atoms with van der Waals surface area (Å²) < 4.78 is 6.40. The number of phenolic OH excluding ortho intramolecular Hbond substituents is 1. The van der Waals surface area contributed by atoms with Crippen LogP contribution in [0.4, 0.5) is 11.5 Å². The van der Waals surface area contributed by atoms with Crippen LogP contribution in [0.3, 0.4) is 0 Å². The number of methoxy groups -OCH3 is 1. The zero-order valence-corrected chi connectivity index (χ0v) is 14.2. The standard InChI is InChI=1S/C19H16N4O3/c1-11-15(19(25)26-2)9-23-17(11)18(20-10-21-23)22-13-7-12-5-3-4-6-14(12)16(24)8-13/h3-10,24H,1-2H3,(H,20,21,22). The highest BCUT2D eigenvalue weighted by Gasteiger charge is 2.18. The number of hydrogen-bond donors (Lipinski definition) is 2. The van der Waals surface area contributed by atoms with Gasteiger partial charge in [-0.2, -0.15) is 5.10 Å². The van der Waals surface area contributed by atoms with Gasteiger partial charge in [0.1, 0.15) is 17.6 Å². The van der Waals surface area contributed by atoms with Crippen molar-refractivity contribution in [3.63, 3.8) is 0 Å². The molecule has 0 amide bonds. The van der Waals surface area contributed by atoms with Gasteiger partial charge in [-0.25, -0.2) is 14.3 Å². The topological polar surface area (TPSA) is 88.8 Å². The summed E-state index contributed by atoms with van der Waals surface area (Å²) in [5, 5.41) is 19.3. The molecule has 0 aliphatic rings. The van der Waals surface area contributed by atoms with Crippen LogP contribution in [0, 0.1) is 6.92 Å². The molecule has 0 saturated carbocycles. The molecule has 2 aromatic carbocycles. The van der Waals surface area contributed by atoms with Gasteiger partial charge in [0.2, 0.25) is 0 Å². The summed E-state index contributed by atoms with van der Waals surface area (Å²) in [7, 11) is 1.34. The van der Waals surface area contributed by atoms with Crippen LogP contribution in [-0.4, -0.2) is 32.8 Å². The smallest absolute Gasteiger partial charge is 0.339 e. The lowest BCUT2D eigenvalue weighted by Crippen LogP contribution is -2.01. The van der Waals surface area contributed by atoms with Gasteiger partial charge in [-0.05, 0) is 23.9 Å². The molecule has 0 unspecified atom stereocenters. The number of phenols is 1. The molecule has 2 N–H and O–H groups in total. The van der Waals surface area contributed by atoms with Crippen LogP contribution in [0.1, 0.15) is 15.9 Å². The Kier molecular flexibility index (Phi) is 3.69. The van der Waals surface area contributed by atoms with E-state index in [1.54, 1.807) is 16.8 Å². The van der Waals surface area contributed by atoms with Crippen LogP contribution < -0.4 is 5.32 Å². The fourth-order valence-corrected chi connectivity index (χ4v) is 3.07. The van der Waals surface area contributed by atoms with E-state index in [1.165, 1.54) is 13.4 Å². The number of hydrogen-bond acceptors (Lipinski definition) is 6. The molecule has 0 radical (unpaired) electrons. The van der Waals surface area contributed by atoms with E-state index in [-0.39, 0.29) is 5.75 Å². The number of anilines is 2. The number of rotatable bonds is 3. The van der Waals surface area contributed by atoms with E-state index in [2.05, 4.69) is 15.4 Å². The summed E-state index contributed by atoms with van der Waals surface area (Å²) in [6.45, 7) is 1.81. The van der Waals surface area contributed by atoms with E-state index < -0.39 is 5.97 Å². The first kappa shape index (κ1) is 15.9. The summed E-state index contributed by atoms with van der Waals surface area (Å²) in [5.41, 5.74) is 2.49. The predicted molar refractivity (Wildman–Crippen MR) is 98.0 cm³/mol. The molecular weight excluding hydrogens is 332 g/mol. The average Bonchev–Trinajstić information content (AvgIpc) is 2.99. The number of nitrogens with zero attached hydrogens (tertiary/aromatic N) is 3. The molecule has 2 aromatic heterocycles. The molecular formula is C19H16N4O3. The number of esters is 1. The molecule has 0 atom stereocenters. The molecule has 0 spiro atoms. The second-order valence-corrected chi connectivity index (χ2v) is 5.90. The van der Waals surface area contributed by atoms with E-state index in [1.807, 2.05) is 37.3 Å². The SMILES string of the molecule is COC(=O)c1cn2ncnc(Nc3cc(O)c4ccccc4c3)c2c1C. The minimum absolute atomic E-state index is 0.179. The van der Waals surface area contributed by atoms with E-state index in [9.17, 15) is 9.90 Å². The molecule has 0 aliphatic carbocycles. The highest BCUT2D eigenvalue weighted by Crippen LogP contribution is 2.31. The Morgan fingerprint density at radius 2 is 2.08 bits per heavy atom. The number of nitrogens with one attached hydrogen (secondary N) is 1. The number of fused-ring (bicyclic) bond motifs is 2. The predicted octanol–water partition coefficient (Wildman–Crippen LogP) is 3.43. The molecule has 7 nitrogen and oxygen atoms in total. The highest BCUT2D eigenvalue weighted by atomic mass is 16.5. The monoisotopic (exact) mass is 348 g/mol. The number of carbonyl (C=O) groups excluding carboxylic acids is 1. The number of aryl methyl sites for hydroxylation is 1. The van der Waals surface area contributed by atoms with E-state index in [4.69, 9.17) is 4.74 Å². The van der Waals surface area contributed by atoms with Crippen molar-refractivity contribution >= 4 is 33.8 Å². The van der Waals surface area contributed by atoms with Gasteiger partial charge in [-0.3, -0.25) is 0 Å². The average molecular weight is 348 g/mol. The first-order chi connectivity index (χ1) is 12.6. The molecule has 7 heteroatoms. The molecule has 4 rings (SSSR count). The maximum absolute atomic E-state index is 11.9. The van der Waals surface area contributed by atoms with Gasteiger partial charge < -0.3 is 15.2 Å². The van der Waals surface area contributed by atoms with Gasteiger partial charge in [0, 0.05) is 23.3 Å². The molecule has 0 fully saturated rings. The lowest BCUT2D eigenvalue weighted by molar-refractivity contribution is 0.0600. The van der Waals surface area contributed by atoms with Gasteiger partial charge in [0.15, 0.2) is 5.82 Å². The number of aromatic nitrogens is 3. The van der Waals surface area contributed by atoms with Crippen LogP contribution in [0.2, 0.25) is 0 Å². The summed E-state index contributed by atoms with van der Waals surface area (Å²) in [6.07, 6.45) is 3.01. The molecule has 0 saturated heterocycles.